The summed E-state index contributed by atoms with van der Waals surface area (Å²) >= 11 is 0.169. The molecular formula is C16H24O2Se. The zero-order valence-electron chi connectivity index (χ0n) is 12.1. The van der Waals surface area contributed by atoms with Gasteiger partial charge in [0.2, 0.25) is 0 Å². The quantitative estimate of drug-likeness (QED) is 0.416. The number of epoxide rings is 1. The zero-order chi connectivity index (χ0) is 13.7. The monoisotopic (exact) mass is 328 g/mol. The van der Waals surface area contributed by atoms with Crippen molar-refractivity contribution in [1.29, 1.82) is 0 Å². The molecule has 0 amide bonds. The van der Waals surface area contributed by atoms with Crippen LogP contribution in [0.1, 0.15) is 40.0 Å². The van der Waals surface area contributed by atoms with E-state index >= 15 is 0 Å². The Kier molecular flexibility index (Phi) is 5.46. The second kappa shape index (κ2) is 6.90. The summed E-state index contributed by atoms with van der Waals surface area (Å²) in [4.78, 5) is 0. The molecule has 0 aliphatic carbocycles. The summed E-state index contributed by atoms with van der Waals surface area (Å²) < 4.78 is 12.7. The Hall–Kier alpha value is -0.341. The van der Waals surface area contributed by atoms with Crippen molar-refractivity contribution in [2.45, 2.75) is 51.7 Å². The van der Waals surface area contributed by atoms with Crippen molar-refractivity contribution >= 4 is 19.7 Å². The van der Waals surface area contributed by atoms with Crippen molar-refractivity contribution in [2.24, 2.45) is 5.92 Å². The molecule has 0 N–H and O–H groups in total. The van der Waals surface area contributed by atoms with Crippen LogP contribution in [0.3, 0.4) is 0 Å². The number of rotatable bonds is 8. The van der Waals surface area contributed by atoms with E-state index in [1.807, 2.05) is 6.07 Å². The summed E-state index contributed by atoms with van der Waals surface area (Å²) in [5.41, 5.74) is 0.145. The molecule has 1 unspecified atom stereocenters. The van der Waals surface area contributed by atoms with E-state index < -0.39 is 0 Å². The molecule has 19 heavy (non-hydrogen) atoms. The van der Waals surface area contributed by atoms with E-state index in [0.29, 0.717) is 6.10 Å². The van der Waals surface area contributed by atoms with Crippen LogP contribution in [0.4, 0.5) is 0 Å². The molecule has 1 aliphatic heterocycles. The van der Waals surface area contributed by atoms with E-state index in [-0.39, 0.29) is 20.9 Å². The summed E-state index contributed by atoms with van der Waals surface area (Å²) in [7, 11) is 0. The van der Waals surface area contributed by atoms with Gasteiger partial charge in [-0.3, -0.25) is 0 Å². The van der Waals surface area contributed by atoms with Gasteiger partial charge in [0.15, 0.2) is 0 Å². The van der Waals surface area contributed by atoms with Crippen molar-refractivity contribution in [3.63, 3.8) is 0 Å². The average Bonchev–Trinajstić information content (AvgIpc) is 3.01. The van der Waals surface area contributed by atoms with Crippen molar-refractivity contribution in [2.75, 3.05) is 6.61 Å². The molecule has 0 radical (unpaired) electrons. The molecule has 0 bridgehead atoms. The van der Waals surface area contributed by atoms with Gasteiger partial charge in [0.25, 0.3) is 0 Å². The Morgan fingerprint density at radius 2 is 1.95 bits per heavy atom. The standard InChI is InChI=1S/C16H24O2Se/c1-13(9-10-15-16(2,3)18-15)11-12-17-19-14-7-5-4-6-8-14/h4-8,13,15H,9-12H2,1-3H3/t13-,15?/m0/s1. The van der Waals surface area contributed by atoms with E-state index in [0.717, 1.165) is 18.9 Å². The normalized spacial score (nSPS) is 22.2. The average molecular weight is 327 g/mol. The molecule has 1 saturated heterocycles. The first kappa shape index (κ1) is 15.1. The van der Waals surface area contributed by atoms with E-state index in [1.165, 1.54) is 17.3 Å². The SMILES string of the molecule is C[C@H](CCO[Se]c1ccccc1)CCC1OC1(C)C. The Bertz CT molecular complexity index is 378. The molecule has 0 aromatic heterocycles. The van der Waals surface area contributed by atoms with Crippen LogP contribution in [0.5, 0.6) is 0 Å². The summed E-state index contributed by atoms with van der Waals surface area (Å²) in [6.45, 7) is 7.54. The fourth-order valence-electron chi connectivity index (χ4n) is 2.15. The van der Waals surface area contributed by atoms with Gasteiger partial charge in [-0.15, -0.1) is 0 Å². The van der Waals surface area contributed by atoms with Gasteiger partial charge in [-0.05, 0) is 0 Å². The molecule has 1 aromatic rings. The molecular weight excluding hydrogens is 303 g/mol. The Morgan fingerprint density at radius 1 is 1.26 bits per heavy atom. The van der Waals surface area contributed by atoms with Gasteiger partial charge in [-0.2, -0.15) is 0 Å². The first-order valence-electron chi connectivity index (χ1n) is 7.10. The van der Waals surface area contributed by atoms with Gasteiger partial charge in [0.05, 0.1) is 0 Å². The summed E-state index contributed by atoms with van der Waals surface area (Å²) in [5.74, 6) is 0.728. The number of ether oxygens (including phenoxy) is 1. The molecule has 0 saturated carbocycles. The molecule has 1 aromatic carbocycles. The Balaban J connectivity index is 1.51. The van der Waals surface area contributed by atoms with Crippen LogP contribution < -0.4 is 4.46 Å². The molecule has 2 rings (SSSR count). The Labute approximate surface area is 123 Å². The summed E-state index contributed by atoms with van der Waals surface area (Å²) in [5, 5.41) is 0. The minimum atomic E-state index is 0.145. The van der Waals surface area contributed by atoms with E-state index in [1.54, 1.807) is 0 Å². The molecule has 1 heterocycles. The summed E-state index contributed by atoms with van der Waals surface area (Å²) in [6, 6.07) is 10.5. The van der Waals surface area contributed by atoms with Crippen LogP contribution in [0.2, 0.25) is 0 Å². The third-order valence-corrected chi connectivity index (χ3v) is 5.25. The molecule has 1 fully saturated rings. The van der Waals surface area contributed by atoms with E-state index in [9.17, 15) is 0 Å². The minimum absolute atomic E-state index is 0.145. The third-order valence-electron chi connectivity index (χ3n) is 3.68. The molecule has 0 spiro atoms. The zero-order valence-corrected chi connectivity index (χ0v) is 13.8. The van der Waals surface area contributed by atoms with E-state index in [2.05, 4.69) is 45.0 Å². The van der Waals surface area contributed by atoms with Gasteiger partial charge in [0, 0.05) is 0 Å². The van der Waals surface area contributed by atoms with Crippen LogP contribution >= 0.6 is 0 Å². The van der Waals surface area contributed by atoms with Crippen LogP contribution in [-0.4, -0.2) is 33.6 Å². The molecule has 2 nitrogen and oxygen atoms in total. The van der Waals surface area contributed by atoms with Crippen LogP contribution in [0, 0.1) is 5.92 Å². The van der Waals surface area contributed by atoms with Gasteiger partial charge in [-0.1, -0.05) is 0 Å². The molecule has 2 atom stereocenters. The predicted octanol–water partition coefficient (Wildman–Crippen LogP) is 2.93. The molecule has 1 aliphatic rings. The second-order valence-electron chi connectivity index (χ2n) is 5.90. The van der Waals surface area contributed by atoms with Crippen molar-refractivity contribution in [3.05, 3.63) is 30.3 Å². The van der Waals surface area contributed by atoms with Crippen molar-refractivity contribution < 1.29 is 8.56 Å². The Morgan fingerprint density at radius 3 is 2.58 bits per heavy atom. The predicted molar refractivity (Wildman–Crippen MR) is 79.7 cm³/mol. The van der Waals surface area contributed by atoms with Gasteiger partial charge in [-0.25, -0.2) is 0 Å². The van der Waals surface area contributed by atoms with Crippen LogP contribution in [0.15, 0.2) is 30.3 Å². The van der Waals surface area contributed by atoms with Gasteiger partial charge in [0.1, 0.15) is 0 Å². The van der Waals surface area contributed by atoms with Crippen molar-refractivity contribution in [3.8, 4) is 0 Å². The fraction of sp³-hybridized carbons (Fsp3) is 0.625. The fourth-order valence-corrected chi connectivity index (χ4v) is 3.38. The van der Waals surface area contributed by atoms with E-state index in [4.69, 9.17) is 8.56 Å². The number of hydrogen-bond donors (Lipinski definition) is 0. The number of hydrogen-bond acceptors (Lipinski definition) is 2. The van der Waals surface area contributed by atoms with Gasteiger partial charge >= 0.3 is 123 Å². The van der Waals surface area contributed by atoms with Crippen LogP contribution in [-0.2, 0) is 8.56 Å². The maximum atomic E-state index is 5.78. The molecule has 3 heteroatoms. The second-order valence-corrected chi connectivity index (χ2v) is 7.73. The van der Waals surface area contributed by atoms with Gasteiger partial charge < -0.3 is 0 Å². The van der Waals surface area contributed by atoms with Crippen molar-refractivity contribution in [1.82, 2.24) is 0 Å². The van der Waals surface area contributed by atoms with Crippen LogP contribution in [0.25, 0.3) is 0 Å². The topological polar surface area (TPSA) is 21.8 Å². The maximum absolute atomic E-state index is 5.78. The first-order valence-corrected chi connectivity index (χ1v) is 8.66. The first-order chi connectivity index (χ1) is 9.08. The summed E-state index contributed by atoms with van der Waals surface area (Å²) in [6.07, 6.45) is 4.08. The third kappa shape index (κ3) is 5.27. The number of benzene rings is 1. The molecule has 106 valence electrons.